The number of hydrogen-bond acceptors (Lipinski definition) is 3. The fraction of sp³-hybridized carbons (Fsp3) is 0.450. The van der Waals surface area contributed by atoms with Crippen LogP contribution in [-0.4, -0.2) is 23.0 Å². The normalized spacial score (nSPS) is 18.8. The largest absolute Gasteiger partial charge is 0.416 e. The number of alkyl halides is 3. The van der Waals surface area contributed by atoms with Gasteiger partial charge >= 0.3 is 6.18 Å². The van der Waals surface area contributed by atoms with E-state index in [2.05, 4.69) is 9.88 Å². The van der Waals surface area contributed by atoms with E-state index in [1.165, 1.54) is 12.1 Å². The Balaban J connectivity index is 1.59. The first-order valence-corrected chi connectivity index (χ1v) is 9.00. The van der Waals surface area contributed by atoms with Crippen LogP contribution in [0.2, 0.25) is 0 Å². The van der Waals surface area contributed by atoms with Crippen molar-refractivity contribution in [2.75, 3.05) is 18.8 Å². The molecule has 6 heteroatoms. The summed E-state index contributed by atoms with van der Waals surface area (Å²) in [5.74, 6) is 0.955. The minimum absolute atomic E-state index is 0.397. The van der Waals surface area contributed by atoms with E-state index in [0.29, 0.717) is 23.7 Å². The summed E-state index contributed by atoms with van der Waals surface area (Å²) in [4.78, 5) is 6.45. The number of hydrogen-bond donors (Lipinski definition) is 1. The molecule has 0 bridgehead atoms. The molecule has 3 rings (SSSR count). The molecule has 2 aromatic rings. The number of pyridine rings is 1. The van der Waals surface area contributed by atoms with Crippen molar-refractivity contribution in [2.45, 2.75) is 38.4 Å². The fourth-order valence-electron chi connectivity index (χ4n) is 3.73. The Bertz CT molecular complexity index is 730. The molecule has 1 aliphatic rings. The van der Waals surface area contributed by atoms with Gasteiger partial charge in [-0.15, -0.1) is 0 Å². The number of benzene rings is 1. The number of anilines is 1. The molecule has 0 unspecified atom stereocenters. The Kier molecular flexibility index (Phi) is 5.81. The standard InChI is InChI=1S/C20H24F3N3/c21-20(22,23)18-8-2-1-6-16(18)10-9-15-5-4-12-26(13-15)14-17-7-3-11-25-19(17)24/h1-3,6-8,11,15H,4-5,9-10,12-14H2,(H2,24,25)/t15-/m0/s1. The lowest BCUT2D eigenvalue weighted by molar-refractivity contribution is -0.138. The quantitative estimate of drug-likeness (QED) is 0.849. The van der Waals surface area contributed by atoms with Crippen LogP contribution in [0.1, 0.15) is 36.0 Å². The van der Waals surface area contributed by atoms with Gasteiger partial charge in [0.05, 0.1) is 5.56 Å². The van der Waals surface area contributed by atoms with Crippen LogP contribution in [0.15, 0.2) is 42.6 Å². The van der Waals surface area contributed by atoms with Crippen molar-refractivity contribution < 1.29 is 13.2 Å². The summed E-state index contributed by atoms with van der Waals surface area (Å²) in [7, 11) is 0. The average molecular weight is 363 g/mol. The highest BCUT2D eigenvalue weighted by molar-refractivity contribution is 5.38. The van der Waals surface area contributed by atoms with E-state index in [0.717, 1.165) is 44.5 Å². The second kappa shape index (κ2) is 8.08. The molecule has 1 saturated heterocycles. The smallest absolute Gasteiger partial charge is 0.383 e. The molecule has 140 valence electrons. The van der Waals surface area contributed by atoms with Crippen LogP contribution in [0.5, 0.6) is 0 Å². The van der Waals surface area contributed by atoms with Crippen LogP contribution in [0.3, 0.4) is 0 Å². The monoisotopic (exact) mass is 363 g/mol. The molecule has 0 aliphatic carbocycles. The van der Waals surface area contributed by atoms with Crippen LogP contribution < -0.4 is 5.73 Å². The first-order valence-electron chi connectivity index (χ1n) is 9.00. The maximum absolute atomic E-state index is 13.1. The lowest BCUT2D eigenvalue weighted by Crippen LogP contribution is -2.35. The van der Waals surface area contributed by atoms with Crippen LogP contribution in [-0.2, 0) is 19.1 Å². The Labute approximate surface area is 152 Å². The molecule has 26 heavy (non-hydrogen) atoms. The first-order chi connectivity index (χ1) is 12.4. The summed E-state index contributed by atoms with van der Waals surface area (Å²) in [5.41, 5.74) is 6.82. The summed E-state index contributed by atoms with van der Waals surface area (Å²) < 4.78 is 39.4. The summed E-state index contributed by atoms with van der Waals surface area (Å²) in [6.07, 6.45) is 0.747. The van der Waals surface area contributed by atoms with Crippen LogP contribution in [0.4, 0.5) is 19.0 Å². The van der Waals surface area contributed by atoms with Gasteiger partial charge in [0.15, 0.2) is 0 Å². The predicted octanol–water partition coefficient (Wildman–Crippen LogP) is 4.53. The molecule has 2 N–H and O–H groups in total. The third-order valence-electron chi connectivity index (χ3n) is 5.07. The maximum Gasteiger partial charge on any atom is 0.416 e. The van der Waals surface area contributed by atoms with Crippen LogP contribution in [0.25, 0.3) is 0 Å². The van der Waals surface area contributed by atoms with Crippen molar-refractivity contribution in [3.63, 3.8) is 0 Å². The molecular formula is C20H24F3N3. The number of nitrogen functional groups attached to an aromatic ring is 1. The molecule has 0 amide bonds. The van der Waals surface area contributed by atoms with Crippen molar-refractivity contribution in [2.24, 2.45) is 5.92 Å². The highest BCUT2D eigenvalue weighted by Crippen LogP contribution is 2.33. The topological polar surface area (TPSA) is 42.1 Å². The number of halogens is 3. The van der Waals surface area contributed by atoms with Crippen LogP contribution >= 0.6 is 0 Å². The Morgan fingerprint density at radius 1 is 1.12 bits per heavy atom. The number of nitrogens with two attached hydrogens (primary N) is 1. The van der Waals surface area contributed by atoms with E-state index < -0.39 is 11.7 Å². The summed E-state index contributed by atoms with van der Waals surface area (Å²) >= 11 is 0. The van der Waals surface area contributed by atoms with E-state index in [4.69, 9.17) is 5.73 Å². The van der Waals surface area contributed by atoms with E-state index >= 15 is 0 Å². The minimum Gasteiger partial charge on any atom is -0.383 e. The maximum atomic E-state index is 13.1. The Morgan fingerprint density at radius 2 is 1.88 bits per heavy atom. The van der Waals surface area contributed by atoms with Gasteiger partial charge in [-0.25, -0.2) is 4.98 Å². The summed E-state index contributed by atoms with van der Waals surface area (Å²) in [5, 5.41) is 0. The van der Waals surface area contributed by atoms with Crippen molar-refractivity contribution in [1.29, 1.82) is 0 Å². The van der Waals surface area contributed by atoms with Gasteiger partial charge in [-0.2, -0.15) is 13.2 Å². The fourth-order valence-corrected chi connectivity index (χ4v) is 3.73. The third kappa shape index (κ3) is 4.75. The molecule has 3 nitrogen and oxygen atoms in total. The molecular weight excluding hydrogens is 339 g/mol. The van der Waals surface area contributed by atoms with Crippen molar-refractivity contribution >= 4 is 5.82 Å². The number of rotatable bonds is 5. The molecule has 1 aromatic carbocycles. The van der Waals surface area contributed by atoms with Gasteiger partial charge in [0.2, 0.25) is 0 Å². The molecule has 0 spiro atoms. The molecule has 1 aliphatic heterocycles. The number of likely N-dealkylation sites (tertiary alicyclic amines) is 1. The zero-order valence-corrected chi connectivity index (χ0v) is 14.7. The Hall–Kier alpha value is -2.08. The van der Waals surface area contributed by atoms with Crippen molar-refractivity contribution in [3.05, 3.63) is 59.3 Å². The SMILES string of the molecule is Nc1ncccc1CN1CCC[C@@H](CCc2ccccc2C(F)(F)F)C1. The second-order valence-electron chi connectivity index (χ2n) is 6.98. The molecule has 1 aromatic heterocycles. The van der Waals surface area contributed by atoms with E-state index in [1.807, 2.05) is 12.1 Å². The van der Waals surface area contributed by atoms with Crippen LogP contribution in [0, 0.1) is 5.92 Å². The van der Waals surface area contributed by atoms with Crippen molar-refractivity contribution in [3.8, 4) is 0 Å². The van der Waals surface area contributed by atoms with Crippen molar-refractivity contribution in [1.82, 2.24) is 9.88 Å². The molecule has 1 fully saturated rings. The molecule has 0 radical (unpaired) electrons. The number of nitrogens with zero attached hydrogens (tertiary/aromatic N) is 2. The zero-order valence-electron chi connectivity index (χ0n) is 14.7. The number of piperidine rings is 1. The van der Waals surface area contributed by atoms with E-state index in [-0.39, 0.29) is 0 Å². The highest BCUT2D eigenvalue weighted by atomic mass is 19.4. The van der Waals surface area contributed by atoms with Gasteiger partial charge in [0.25, 0.3) is 0 Å². The number of aromatic nitrogens is 1. The lowest BCUT2D eigenvalue weighted by atomic mass is 9.90. The second-order valence-corrected chi connectivity index (χ2v) is 6.98. The van der Waals surface area contributed by atoms with Gasteiger partial charge in [0.1, 0.15) is 5.82 Å². The predicted molar refractivity (Wildman–Crippen MR) is 96.4 cm³/mol. The molecule has 2 heterocycles. The number of aryl methyl sites for hydroxylation is 1. The third-order valence-corrected chi connectivity index (χ3v) is 5.07. The first kappa shape index (κ1) is 18.7. The van der Waals surface area contributed by atoms with Gasteiger partial charge in [-0.1, -0.05) is 24.3 Å². The molecule has 0 saturated carbocycles. The minimum atomic E-state index is -4.28. The molecule has 1 atom stereocenters. The zero-order chi connectivity index (χ0) is 18.6. The Morgan fingerprint density at radius 3 is 2.65 bits per heavy atom. The van der Waals surface area contributed by atoms with Gasteiger partial charge < -0.3 is 5.73 Å². The summed E-state index contributed by atoms with van der Waals surface area (Å²) in [6.45, 7) is 2.63. The summed E-state index contributed by atoms with van der Waals surface area (Å²) in [6, 6.07) is 9.76. The van der Waals surface area contributed by atoms with Gasteiger partial charge in [-0.05, 0) is 55.8 Å². The van der Waals surface area contributed by atoms with E-state index in [9.17, 15) is 13.2 Å². The van der Waals surface area contributed by atoms with E-state index in [1.54, 1.807) is 18.3 Å². The lowest BCUT2D eigenvalue weighted by Gasteiger charge is -2.33. The van der Waals surface area contributed by atoms with Gasteiger partial charge in [-0.3, -0.25) is 4.90 Å². The van der Waals surface area contributed by atoms with Gasteiger partial charge in [0, 0.05) is 24.8 Å². The highest BCUT2D eigenvalue weighted by Gasteiger charge is 2.33. The average Bonchev–Trinajstić information content (AvgIpc) is 2.62.